The second-order valence-corrected chi connectivity index (χ2v) is 5.59. The smallest absolute Gasteiger partial charge is 0.0446 e. The van der Waals surface area contributed by atoms with Crippen LogP contribution in [0.15, 0.2) is 42.5 Å². The Morgan fingerprint density at radius 1 is 1.16 bits per heavy atom. The second-order valence-electron chi connectivity index (χ2n) is 4.68. The fourth-order valence-electron chi connectivity index (χ4n) is 2.30. The lowest BCUT2D eigenvalue weighted by Crippen LogP contribution is -2.31. The Hall–Kier alpha value is -1.03. The first kappa shape index (κ1) is 14.4. The average molecular weight is 275 g/mol. The van der Waals surface area contributed by atoms with Crippen molar-refractivity contribution in [3.63, 3.8) is 0 Å². The normalized spacial score (nSPS) is 12.7. The van der Waals surface area contributed by atoms with Gasteiger partial charge in [-0.3, -0.25) is 0 Å². The van der Waals surface area contributed by atoms with E-state index in [1.165, 1.54) is 16.3 Å². The van der Waals surface area contributed by atoms with Crippen molar-refractivity contribution in [2.45, 2.75) is 19.0 Å². The summed E-state index contributed by atoms with van der Waals surface area (Å²) in [5, 5.41) is 15.2. The molecule has 2 N–H and O–H groups in total. The van der Waals surface area contributed by atoms with Crippen LogP contribution in [0, 0.1) is 0 Å². The molecule has 0 heterocycles. The first-order valence-electron chi connectivity index (χ1n) is 6.65. The van der Waals surface area contributed by atoms with E-state index >= 15 is 0 Å². The van der Waals surface area contributed by atoms with Crippen LogP contribution in [-0.4, -0.2) is 29.8 Å². The second kappa shape index (κ2) is 7.53. The summed E-state index contributed by atoms with van der Waals surface area (Å²) in [4.78, 5) is 0. The molecule has 2 rings (SSSR count). The molecule has 0 radical (unpaired) electrons. The summed E-state index contributed by atoms with van der Waals surface area (Å²) in [6.45, 7) is 1.10. The van der Waals surface area contributed by atoms with E-state index in [-0.39, 0.29) is 6.61 Å². The van der Waals surface area contributed by atoms with Gasteiger partial charge in [0.2, 0.25) is 0 Å². The maximum Gasteiger partial charge on any atom is 0.0446 e. The molecular formula is C16H21NOS. The molecule has 0 fully saturated rings. The molecule has 2 nitrogen and oxygen atoms in total. The third-order valence-corrected chi connectivity index (χ3v) is 4.04. The van der Waals surface area contributed by atoms with Gasteiger partial charge in [-0.05, 0) is 29.0 Å². The summed E-state index contributed by atoms with van der Waals surface area (Å²) < 4.78 is 0. The fourth-order valence-corrected chi connectivity index (χ4v) is 2.99. The number of fused-ring (bicyclic) bond motifs is 1. The Kier molecular flexibility index (Phi) is 5.70. The maximum atomic E-state index is 9.08. The van der Waals surface area contributed by atoms with Gasteiger partial charge in [0, 0.05) is 24.9 Å². The molecular weight excluding hydrogens is 254 g/mol. The van der Waals surface area contributed by atoms with E-state index in [1.54, 1.807) is 0 Å². The molecule has 102 valence electrons. The van der Waals surface area contributed by atoms with Crippen LogP contribution in [0.4, 0.5) is 0 Å². The Morgan fingerprint density at radius 2 is 1.95 bits per heavy atom. The summed E-state index contributed by atoms with van der Waals surface area (Å²) >= 11 is 1.81. The fraction of sp³-hybridized carbons (Fsp3) is 0.375. The molecule has 0 spiro atoms. The summed E-state index contributed by atoms with van der Waals surface area (Å²) in [5.74, 6) is 1.03. The highest BCUT2D eigenvalue weighted by Crippen LogP contribution is 2.18. The van der Waals surface area contributed by atoms with Crippen molar-refractivity contribution in [2.24, 2.45) is 0 Å². The van der Waals surface area contributed by atoms with Crippen LogP contribution in [-0.2, 0) is 6.54 Å². The Balaban J connectivity index is 2.08. The molecule has 0 saturated heterocycles. The summed E-state index contributed by atoms with van der Waals surface area (Å²) in [7, 11) is 0. The Labute approximate surface area is 119 Å². The lowest BCUT2D eigenvalue weighted by atomic mass is 10.0. The number of aliphatic hydroxyl groups is 1. The standard InChI is InChI=1S/C16H21NOS/c1-19-12-15(9-10-18)17-11-14-7-4-6-13-5-2-3-8-16(13)14/h2-8,15,17-18H,9-12H2,1H3. The third kappa shape index (κ3) is 3.96. The molecule has 1 atom stereocenters. The van der Waals surface area contributed by atoms with Gasteiger partial charge in [-0.1, -0.05) is 42.5 Å². The number of hydrogen-bond donors (Lipinski definition) is 2. The van der Waals surface area contributed by atoms with Crippen molar-refractivity contribution in [1.82, 2.24) is 5.32 Å². The Bertz CT molecular complexity index is 504. The minimum atomic E-state index is 0.244. The number of hydrogen-bond acceptors (Lipinski definition) is 3. The van der Waals surface area contributed by atoms with Gasteiger partial charge in [-0.2, -0.15) is 11.8 Å². The van der Waals surface area contributed by atoms with Crippen molar-refractivity contribution in [1.29, 1.82) is 0 Å². The van der Waals surface area contributed by atoms with Crippen molar-refractivity contribution in [2.75, 3.05) is 18.6 Å². The number of thioether (sulfide) groups is 1. The molecule has 0 aliphatic carbocycles. The molecule has 2 aromatic rings. The minimum absolute atomic E-state index is 0.244. The zero-order valence-corrected chi connectivity index (χ0v) is 12.1. The van der Waals surface area contributed by atoms with Crippen molar-refractivity contribution in [3.05, 3.63) is 48.0 Å². The van der Waals surface area contributed by atoms with Gasteiger partial charge >= 0.3 is 0 Å². The molecule has 0 amide bonds. The van der Waals surface area contributed by atoms with E-state index < -0.39 is 0 Å². The third-order valence-electron chi connectivity index (χ3n) is 3.31. The van der Waals surface area contributed by atoms with Crippen molar-refractivity contribution in [3.8, 4) is 0 Å². The van der Waals surface area contributed by atoms with E-state index in [0.29, 0.717) is 6.04 Å². The monoisotopic (exact) mass is 275 g/mol. The van der Waals surface area contributed by atoms with Gasteiger partial charge in [-0.25, -0.2) is 0 Å². The quantitative estimate of drug-likeness (QED) is 0.814. The molecule has 0 aromatic heterocycles. The summed E-state index contributed by atoms with van der Waals surface area (Å²) in [6.07, 6.45) is 2.91. The van der Waals surface area contributed by atoms with E-state index in [0.717, 1.165) is 18.7 Å². The lowest BCUT2D eigenvalue weighted by Gasteiger charge is -2.17. The van der Waals surface area contributed by atoms with E-state index in [2.05, 4.69) is 54.0 Å². The zero-order chi connectivity index (χ0) is 13.5. The maximum absolute atomic E-state index is 9.08. The van der Waals surface area contributed by atoms with Crippen LogP contribution < -0.4 is 5.32 Å². The van der Waals surface area contributed by atoms with Gasteiger partial charge in [0.05, 0.1) is 0 Å². The zero-order valence-electron chi connectivity index (χ0n) is 11.3. The number of nitrogens with one attached hydrogen (secondary N) is 1. The summed E-state index contributed by atoms with van der Waals surface area (Å²) in [6, 6.07) is 15.3. The van der Waals surface area contributed by atoms with Crippen LogP contribution >= 0.6 is 11.8 Å². The first-order valence-corrected chi connectivity index (χ1v) is 8.04. The van der Waals surface area contributed by atoms with E-state index in [1.807, 2.05) is 11.8 Å². The molecule has 0 aliphatic rings. The van der Waals surface area contributed by atoms with E-state index in [4.69, 9.17) is 5.11 Å². The molecule has 2 aromatic carbocycles. The van der Waals surface area contributed by atoms with Crippen molar-refractivity contribution >= 4 is 22.5 Å². The number of aliphatic hydroxyl groups excluding tert-OH is 1. The van der Waals surface area contributed by atoms with Crippen LogP contribution in [0.2, 0.25) is 0 Å². The van der Waals surface area contributed by atoms with Gasteiger partial charge < -0.3 is 10.4 Å². The largest absolute Gasteiger partial charge is 0.396 e. The van der Waals surface area contributed by atoms with Gasteiger partial charge in [-0.15, -0.1) is 0 Å². The van der Waals surface area contributed by atoms with Crippen LogP contribution in [0.25, 0.3) is 10.8 Å². The predicted octanol–water partition coefficient (Wildman–Crippen LogP) is 3.04. The Morgan fingerprint density at radius 3 is 2.74 bits per heavy atom. The van der Waals surface area contributed by atoms with Crippen LogP contribution in [0.1, 0.15) is 12.0 Å². The number of benzene rings is 2. The van der Waals surface area contributed by atoms with Gasteiger partial charge in [0.1, 0.15) is 0 Å². The lowest BCUT2D eigenvalue weighted by molar-refractivity contribution is 0.270. The molecule has 3 heteroatoms. The molecule has 0 bridgehead atoms. The van der Waals surface area contributed by atoms with Crippen LogP contribution in [0.5, 0.6) is 0 Å². The van der Waals surface area contributed by atoms with Crippen LogP contribution in [0.3, 0.4) is 0 Å². The summed E-state index contributed by atoms with van der Waals surface area (Å²) in [5.41, 5.74) is 1.32. The predicted molar refractivity (Wildman–Crippen MR) is 84.7 cm³/mol. The molecule has 19 heavy (non-hydrogen) atoms. The highest BCUT2D eigenvalue weighted by Gasteiger charge is 2.07. The molecule has 1 unspecified atom stereocenters. The topological polar surface area (TPSA) is 32.3 Å². The van der Waals surface area contributed by atoms with Gasteiger partial charge in [0.15, 0.2) is 0 Å². The molecule has 0 aliphatic heterocycles. The van der Waals surface area contributed by atoms with E-state index in [9.17, 15) is 0 Å². The average Bonchev–Trinajstić information content (AvgIpc) is 2.45. The molecule has 0 saturated carbocycles. The number of rotatable bonds is 7. The minimum Gasteiger partial charge on any atom is -0.396 e. The highest BCUT2D eigenvalue weighted by atomic mass is 32.2. The van der Waals surface area contributed by atoms with Crippen molar-refractivity contribution < 1.29 is 5.11 Å². The van der Waals surface area contributed by atoms with Gasteiger partial charge in [0.25, 0.3) is 0 Å². The first-order chi connectivity index (χ1) is 9.35. The SMILES string of the molecule is CSCC(CCO)NCc1cccc2ccccc12. The highest BCUT2D eigenvalue weighted by molar-refractivity contribution is 7.98.